The quantitative estimate of drug-likeness (QED) is 0.719. The number of pyridine rings is 1. The Labute approximate surface area is 85.1 Å². The summed E-state index contributed by atoms with van der Waals surface area (Å²) in [5, 5.41) is 3.43. The van der Waals surface area contributed by atoms with E-state index in [4.69, 9.17) is 0 Å². The van der Waals surface area contributed by atoms with Gasteiger partial charge in [-0.05, 0) is 26.1 Å². The van der Waals surface area contributed by atoms with Crippen LogP contribution in [0.3, 0.4) is 0 Å². The van der Waals surface area contributed by atoms with Gasteiger partial charge < -0.3 is 5.32 Å². The van der Waals surface area contributed by atoms with Crippen molar-refractivity contribution in [2.45, 2.75) is 19.0 Å². The molecule has 1 N–H and O–H groups in total. The summed E-state index contributed by atoms with van der Waals surface area (Å²) < 4.78 is 0. The zero-order valence-corrected chi connectivity index (χ0v) is 8.77. The number of hydrogen-bond donors (Lipinski definition) is 1. The third-order valence-electron chi connectivity index (χ3n) is 2.99. The van der Waals surface area contributed by atoms with Crippen LogP contribution >= 0.6 is 0 Å². The first-order valence-electron chi connectivity index (χ1n) is 5.12. The molecule has 2 unspecified atom stereocenters. The molecule has 1 aromatic heterocycles. The second kappa shape index (κ2) is 4.07. The third kappa shape index (κ3) is 1.79. The molecule has 0 spiro atoms. The van der Waals surface area contributed by atoms with Crippen molar-refractivity contribution in [3.63, 3.8) is 0 Å². The van der Waals surface area contributed by atoms with E-state index in [1.165, 1.54) is 0 Å². The number of piperazine rings is 1. The Balaban J connectivity index is 2.17. The van der Waals surface area contributed by atoms with Crippen molar-refractivity contribution in [1.82, 2.24) is 15.2 Å². The number of likely N-dealkylation sites (N-methyl/N-ethyl adjacent to an activating group) is 1. The molecule has 1 aliphatic rings. The average Bonchev–Trinajstić information content (AvgIpc) is 2.23. The molecule has 14 heavy (non-hydrogen) atoms. The van der Waals surface area contributed by atoms with Gasteiger partial charge in [0.15, 0.2) is 0 Å². The molecule has 1 fully saturated rings. The fourth-order valence-corrected chi connectivity index (χ4v) is 1.91. The van der Waals surface area contributed by atoms with Gasteiger partial charge in [0.2, 0.25) is 0 Å². The van der Waals surface area contributed by atoms with Gasteiger partial charge in [-0.25, -0.2) is 0 Å². The molecule has 0 amide bonds. The third-order valence-corrected chi connectivity index (χ3v) is 2.99. The van der Waals surface area contributed by atoms with Crippen molar-refractivity contribution in [1.29, 1.82) is 0 Å². The minimum atomic E-state index is 0.417. The van der Waals surface area contributed by atoms with Crippen molar-refractivity contribution in [2.24, 2.45) is 0 Å². The van der Waals surface area contributed by atoms with E-state index in [9.17, 15) is 0 Å². The van der Waals surface area contributed by atoms with Gasteiger partial charge in [-0.15, -0.1) is 0 Å². The van der Waals surface area contributed by atoms with Gasteiger partial charge in [-0.3, -0.25) is 9.88 Å². The van der Waals surface area contributed by atoms with Crippen LogP contribution in [-0.2, 0) is 0 Å². The van der Waals surface area contributed by atoms with Gasteiger partial charge >= 0.3 is 0 Å². The standard InChI is InChI=1S/C11H17N3/c1-9-7-12-8-11(14(9)2)10-5-3-4-6-13-10/h3-6,9,11-12H,7-8H2,1-2H3. The molecule has 1 aromatic rings. The van der Waals surface area contributed by atoms with Crippen LogP contribution in [-0.4, -0.2) is 36.1 Å². The number of rotatable bonds is 1. The van der Waals surface area contributed by atoms with Crippen LogP contribution in [0.4, 0.5) is 0 Å². The zero-order valence-electron chi connectivity index (χ0n) is 8.77. The maximum absolute atomic E-state index is 4.41. The van der Waals surface area contributed by atoms with E-state index in [1.54, 1.807) is 0 Å². The highest BCUT2D eigenvalue weighted by Crippen LogP contribution is 2.20. The lowest BCUT2D eigenvalue weighted by molar-refractivity contribution is 0.138. The van der Waals surface area contributed by atoms with Crippen LogP contribution in [0.2, 0.25) is 0 Å². The molecule has 2 rings (SSSR count). The highest BCUT2D eigenvalue weighted by Gasteiger charge is 2.25. The van der Waals surface area contributed by atoms with Gasteiger partial charge in [0.05, 0.1) is 11.7 Å². The Morgan fingerprint density at radius 3 is 3.00 bits per heavy atom. The first-order chi connectivity index (χ1) is 6.79. The highest BCUT2D eigenvalue weighted by molar-refractivity contribution is 5.10. The fourth-order valence-electron chi connectivity index (χ4n) is 1.91. The SMILES string of the molecule is CC1CNCC(c2ccccn2)N1C. The monoisotopic (exact) mass is 191 g/mol. The second-order valence-electron chi connectivity index (χ2n) is 3.94. The smallest absolute Gasteiger partial charge is 0.0647 e. The van der Waals surface area contributed by atoms with Crippen molar-refractivity contribution >= 4 is 0 Å². The summed E-state index contributed by atoms with van der Waals surface area (Å²) in [6, 6.07) is 7.11. The molecule has 76 valence electrons. The predicted molar refractivity (Wildman–Crippen MR) is 57.1 cm³/mol. The van der Waals surface area contributed by atoms with E-state index in [0.29, 0.717) is 12.1 Å². The Morgan fingerprint density at radius 1 is 1.43 bits per heavy atom. The van der Waals surface area contributed by atoms with E-state index in [-0.39, 0.29) is 0 Å². The molecule has 0 aromatic carbocycles. The lowest BCUT2D eigenvalue weighted by Gasteiger charge is -2.37. The van der Waals surface area contributed by atoms with Crippen LogP contribution in [0.15, 0.2) is 24.4 Å². The molecular weight excluding hydrogens is 174 g/mol. The summed E-state index contributed by atoms with van der Waals surface area (Å²) in [4.78, 5) is 6.79. The molecule has 3 heteroatoms. The topological polar surface area (TPSA) is 28.2 Å². The summed E-state index contributed by atoms with van der Waals surface area (Å²) in [6.07, 6.45) is 1.86. The number of nitrogens with zero attached hydrogens (tertiary/aromatic N) is 2. The van der Waals surface area contributed by atoms with Gasteiger partial charge in [0.1, 0.15) is 0 Å². The minimum Gasteiger partial charge on any atom is -0.313 e. The summed E-state index contributed by atoms with van der Waals surface area (Å²) in [5.41, 5.74) is 1.16. The molecule has 0 aliphatic carbocycles. The fraction of sp³-hybridized carbons (Fsp3) is 0.545. The Morgan fingerprint density at radius 2 is 2.29 bits per heavy atom. The van der Waals surface area contributed by atoms with E-state index < -0.39 is 0 Å². The van der Waals surface area contributed by atoms with Crippen molar-refractivity contribution in [3.05, 3.63) is 30.1 Å². The highest BCUT2D eigenvalue weighted by atomic mass is 15.2. The Hall–Kier alpha value is -0.930. The molecular formula is C11H17N3. The minimum absolute atomic E-state index is 0.417. The van der Waals surface area contributed by atoms with Gasteiger partial charge in [-0.1, -0.05) is 6.07 Å². The Bertz CT molecular complexity index is 286. The van der Waals surface area contributed by atoms with E-state index in [2.05, 4.69) is 41.3 Å². The Kier molecular flexibility index (Phi) is 2.79. The predicted octanol–water partition coefficient (Wildman–Crippen LogP) is 1.05. The zero-order chi connectivity index (χ0) is 9.97. The largest absolute Gasteiger partial charge is 0.313 e. The van der Waals surface area contributed by atoms with E-state index in [0.717, 1.165) is 18.8 Å². The van der Waals surface area contributed by atoms with Gasteiger partial charge in [0.25, 0.3) is 0 Å². The summed E-state index contributed by atoms with van der Waals surface area (Å²) in [6.45, 7) is 4.31. The number of hydrogen-bond acceptors (Lipinski definition) is 3. The average molecular weight is 191 g/mol. The van der Waals surface area contributed by atoms with Crippen molar-refractivity contribution < 1.29 is 0 Å². The van der Waals surface area contributed by atoms with Crippen LogP contribution in [0, 0.1) is 0 Å². The van der Waals surface area contributed by atoms with E-state index >= 15 is 0 Å². The van der Waals surface area contributed by atoms with Crippen LogP contribution < -0.4 is 5.32 Å². The van der Waals surface area contributed by atoms with Crippen LogP contribution in [0.1, 0.15) is 18.7 Å². The van der Waals surface area contributed by atoms with Gasteiger partial charge in [0, 0.05) is 25.3 Å². The first-order valence-corrected chi connectivity index (χ1v) is 5.12. The molecule has 1 saturated heterocycles. The molecule has 1 aliphatic heterocycles. The molecule has 0 bridgehead atoms. The van der Waals surface area contributed by atoms with Crippen molar-refractivity contribution in [2.75, 3.05) is 20.1 Å². The van der Waals surface area contributed by atoms with Crippen LogP contribution in [0.25, 0.3) is 0 Å². The molecule has 0 radical (unpaired) electrons. The summed E-state index contributed by atoms with van der Waals surface area (Å²) in [5.74, 6) is 0. The van der Waals surface area contributed by atoms with Crippen LogP contribution in [0.5, 0.6) is 0 Å². The first kappa shape index (κ1) is 9.62. The second-order valence-corrected chi connectivity index (χ2v) is 3.94. The maximum Gasteiger partial charge on any atom is 0.0647 e. The van der Waals surface area contributed by atoms with Gasteiger partial charge in [-0.2, -0.15) is 0 Å². The number of nitrogens with one attached hydrogen (secondary N) is 1. The van der Waals surface area contributed by atoms with E-state index in [1.807, 2.05) is 12.3 Å². The molecule has 3 nitrogen and oxygen atoms in total. The molecule has 0 saturated carbocycles. The molecule has 2 atom stereocenters. The lowest BCUT2D eigenvalue weighted by Crippen LogP contribution is -2.49. The number of aromatic nitrogens is 1. The summed E-state index contributed by atoms with van der Waals surface area (Å²) in [7, 11) is 2.17. The lowest BCUT2D eigenvalue weighted by atomic mass is 10.1. The summed E-state index contributed by atoms with van der Waals surface area (Å²) >= 11 is 0. The van der Waals surface area contributed by atoms with Crippen molar-refractivity contribution in [3.8, 4) is 0 Å². The maximum atomic E-state index is 4.41. The molecule has 2 heterocycles. The normalized spacial score (nSPS) is 29.0.